The number of carbonyl (C=O) groups is 1. The lowest BCUT2D eigenvalue weighted by Crippen LogP contribution is -2.45. The van der Waals surface area contributed by atoms with Crippen LogP contribution in [0.15, 0.2) is 22.9 Å². The van der Waals surface area contributed by atoms with Crippen molar-refractivity contribution in [3.63, 3.8) is 0 Å². The average Bonchev–Trinajstić information content (AvgIpc) is 3.19. The molecular weight excluding hydrogens is 290 g/mol. The number of nitrogens with one attached hydrogen (secondary N) is 1. The molecule has 6 heteroatoms. The lowest BCUT2D eigenvalue weighted by atomic mass is 10.00. The van der Waals surface area contributed by atoms with E-state index in [-0.39, 0.29) is 5.91 Å². The average molecular weight is 303 g/mol. The molecule has 1 saturated carbocycles. The molecule has 0 atom stereocenters. The summed E-state index contributed by atoms with van der Waals surface area (Å²) in [5.41, 5.74) is -0.288. The minimum absolute atomic E-state index is 0.243. The number of aromatic nitrogens is 1. The highest BCUT2D eigenvalue weighted by atomic mass is 32.1. The second-order valence-corrected chi connectivity index (χ2v) is 6.68. The van der Waals surface area contributed by atoms with Crippen molar-refractivity contribution < 1.29 is 4.79 Å². The Balaban J connectivity index is 1.77. The zero-order valence-electron chi connectivity index (χ0n) is 10.8. The molecule has 0 radical (unpaired) electrons. The monoisotopic (exact) mass is 303 g/mol. The molecule has 4 nitrogen and oxygen atoms in total. The highest BCUT2D eigenvalue weighted by molar-refractivity contribution is 7.20. The first-order valence-corrected chi connectivity index (χ1v) is 8.22. The molecule has 2 heterocycles. The summed E-state index contributed by atoms with van der Waals surface area (Å²) in [6.07, 6.45) is 3.45. The van der Waals surface area contributed by atoms with Crippen molar-refractivity contribution in [2.24, 2.45) is 0 Å². The van der Waals surface area contributed by atoms with Gasteiger partial charge in [0.2, 0.25) is 0 Å². The van der Waals surface area contributed by atoms with Crippen LogP contribution < -0.4 is 5.32 Å². The molecule has 0 aliphatic heterocycles. The van der Waals surface area contributed by atoms with Crippen LogP contribution in [0.25, 0.3) is 9.88 Å². The second kappa shape index (κ2) is 5.35. The van der Waals surface area contributed by atoms with Crippen molar-refractivity contribution in [1.82, 2.24) is 10.3 Å². The minimum atomic E-state index is -0.691. The van der Waals surface area contributed by atoms with Crippen molar-refractivity contribution in [2.75, 3.05) is 0 Å². The summed E-state index contributed by atoms with van der Waals surface area (Å²) in [4.78, 5) is 17.7. The van der Waals surface area contributed by atoms with Gasteiger partial charge in [-0.2, -0.15) is 5.26 Å². The van der Waals surface area contributed by atoms with Crippen LogP contribution in [-0.2, 0) is 0 Å². The van der Waals surface area contributed by atoms with Crippen LogP contribution in [-0.4, -0.2) is 16.4 Å². The van der Waals surface area contributed by atoms with Crippen LogP contribution in [0.5, 0.6) is 0 Å². The molecule has 1 N–H and O–H groups in total. The zero-order chi connectivity index (χ0) is 14.0. The standard InChI is InChI=1S/C14H13N3OS2/c15-9-14(5-1-2-6-14)17-12(18)10-8-20-13(16-10)11-4-3-7-19-11/h3-4,7-8H,1-2,5-6H2,(H,17,18). The third kappa shape index (κ3) is 2.47. The van der Waals surface area contributed by atoms with E-state index in [1.165, 1.54) is 11.3 Å². The number of amides is 1. The number of rotatable bonds is 3. The van der Waals surface area contributed by atoms with Crippen LogP contribution >= 0.6 is 22.7 Å². The van der Waals surface area contributed by atoms with Crippen molar-refractivity contribution in [1.29, 1.82) is 5.26 Å². The Morgan fingerprint density at radius 2 is 2.20 bits per heavy atom. The van der Waals surface area contributed by atoms with E-state index >= 15 is 0 Å². The minimum Gasteiger partial charge on any atom is -0.332 e. The maximum absolute atomic E-state index is 12.2. The van der Waals surface area contributed by atoms with Gasteiger partial charge in [-0.3, -0.25) is 4.79 Å². The predicted octanol–water partition coefficient (Wildman–Crippen LogP) is 3.44. The van der Waals surface area contributed by atoms with Crippen LogP contribution in [0.3, 0.4) is 0 Å². The Morgan fingerprint density at radius 1 is 1.40 bits per heavy atom. The first kappa shape index (κ1) is 13.3. The molecule has 1 amide bonds. The van der Waals surface area contributed by atoms with Gasteiger partial charge in [0.1, 0.15) is 16.2 Å². The second-order valence-electron chi connectivity index (χ2n) is 4.87. The molecule has 2 aromatic heterocycles. The summed E-state index contributed by atoms with van der Waals surface area (Å²) in [6, 6.07) is 6.21. The highest BCUT2D eigenvalue weighted by Gasteiger charge is 2.36. The van der Waals surface area contributed by atoms with Gasteiger partial charge in [0, 0.05) is 5.38 Å². The van der Waals surface area contributed by atoms with Gasteiger partial charge in [0.25, 0.3) is 5.91 Å². The smallest absolute Gasteiger partial charge is 0.272 e. The van der Waals surface area contributed by atoms with E-state index < -0.39 is 5.54 Å². The third-order valence-electron chi connectivity index (χ3n) is 3.49. The fourth-order valence-electron chi connectivity index (χ4n) is 2.42. The molecule has 1 aliphatic rings. The number of hydrogen-bond donors (Lipinski definition) is 1. The summed E-state index contributed by atoms with van der Waals surface area (Å²) in [5, 5.41) is 16.7. The van der Waals surface area contributed by atoms with Gasteiger partial charge in [-0.1, -0.05) is 6.07 Å². The molecule has 0 saturated heterocycles. The van der Waals surface area contributed by atoms with Crippen LogP contribution in [0, 0.1) is 11.3 Å². The molecule has 0 unspecified atom stereocenters. The predicted molar refractivity (Wildman–Crippen MR) is 79.7 cm³/mol. The Hall–Kier alpha value is -1.71. The molecular formula is C14H13N3OS2. The Morgan fingerprint density at radius 3 is 2.85 bits per heavy atom. The summed E-state index contributed by atoms with van der Waals surface area (Å²) in [7, 11) is 0. The van der Waals surface area contributed by atoms with E-state index in [9.17, 15) is 10.1 Å². The first-order chi connectivity index (χ1) is 9.72. The van der Waals surface area contributed by atoms with Crippen molar-refractivity contribution >= 4 is 28.6 Å². The fraction of sp³-hybridized carbons (Fsp3) is 0.357. The molecule has 1 fully saturated rings. The van der Waals surface area contributed by atoms with E-state index in [1.807, 2.05) is 17.5 Å². The van der Waals surface area contributed by atoms with Crippen molar-refractivity contribution in [3.05, 3.63) is 28.6 Å². The quantitative estimate of drug-likeness (QED) is 0.944. The van der Waals surface area contributed by atoms with Gasteiger partial charge in [-0.15, -0.1) is 22.7 Å². The highest BCUT2D eigenvalue weighted by Crippen LogP contribution is 2.30. The zero-order valence-corrected chi connectivity index (χ0v) is 12.4. The van der Waals surface area contributed by atoms with E-state index in [0.717, 1.165) is 35.6 Å². The van der Waals surface area contributed by atoms with Gasteiger partial charge in [-0.25, -0.2) is 4.98 Å². The summed E-state index contributed by atoms with van der Waals surface area (Å²) < 4.78 is 0. The SMILES string of the molecule is N#CC1(NC(=O)c2csc(-c3cccs3)n2)CCCC1. The molecule has 0 bridgehead atoms. The van der Waals surface area contributed by atoms with Crippen LogP contribution in [0.4, 0.5) is 0 Å². The van der Waals surface area contributed by atoms with Gasteiger partial charge in [0.05, 0.1) is 10.9 Å². The maximum Gasteiger partial charge on any atom is 0.272 e. The normalized spacial score (nSPS) is 16.8. The number of thiazole rings is 1. The largest absolute Gasteiger partial charge is 0.332 e. The van der Waals surface area contributed by atoms with Crippen LogP contribution in [0.1, 0.15) is 36.2 Å². The molecule has 1 aliphatic carbocycles. The van der Waals surface area contributed by atoms with Gasteiger partial charge < -0.3 is 5.32 Å². The Bertz CT molecular complexity index is 648. The molecule has 102 valence electrons. The van der Waals surface area contributed by atoms with Gasteiger partial charge in [-0.05, 0) is 37.1 Å². The number of nitrogens with zero attached hydrogens (tertiary/aromatic N) is 2. The van der Waals surface area contributed by atoms with Gasteiger partial charge in [0.15, 0.2) is 0 Å². The summed E-state index contributed by atoms with van der Waals surface area (Å²) in [6.45, 7) is 0. The van der Waals surface area contributed by atoms with E-state index in [2.05, 4.69) is 16.4 Å². The molecule has 0 aromatic carbocycles. The maximum atomic E-state index is 12.2. The van der Waals surface area contributed by atoms with Crippen LogP contribution in [0.2, 0.25) is 0 Å². The molecule has 2 aromatic rings. The van der Waals surface area contributed by atoms with E-state index in [4.69, 9.17) is 0 Å². The summed E-state index contributed by atoms with van der Waals surface area (Å²) in [5.74, 6) is -0.243. The Labute approximate surface area is 125 Å². The lowest BCUT2D eigenvalue weighted by Gasteiger charge is -2.21. The number of carbonyl (C=O) groups excluding carboxylic acids is 1. The molecule has 3 rings (SSSR count). The number of nitriles is 1. The third-order valence-corrected chi connectivity index (χ3v) is 5.37. The lowest BCUT2D eigenvalue weighted by molar-refractivity contribution is 0.0916. The van der Waals surface area contributed by atoms with E-state index in [0.29, 0.717) is 5.69 Å². The Kier molecular flexibility index (Phi) is 3.55. The molecule has 0 spiro atoms. The summed E-state index contributed by atoms with van der Waals surface area (Å²) >= 11 is 3.06. The van der Waals surface area contributed by atoms with Crippen molar-refractivity contribution in [2.45, 2.75) is 31.2 Å². The fourth-order valence-corrected chi connectivity index (χ4v) is 4.03. The van der Waals surface area contributed by atoms with Gasteiger partial charge >= 0.3 is 0 Å². The topological polar surface area (TPSA) is 65.8 Å². The van der Waals surface area contributed by atoms with Crippen molar-refractivity contribution in [3.8, 4) is 16.0 Å². The van der Waals surface area contributed by atoms with E-state index in [1.54, 1.807) is 16.7 Å². The molecule has 20 heavy (non-hydrogen) atoms. The number of thiophene rings is 1. The first-order valence-electron chi connectivity index (χ1n) is 6.46. The number of hydrogen-bond acceptors (Lipinski definition) is 5.